The van der Waals surface area contributed by atoms with Crippen LogP contribution in [-0.2, 0) is 75.2 Å². The van der Waals surface area contributed by atoms with E-state index in [2.05, 4.69) is 73.8 Å². The number of aliphatic imine (C=N–C) groups is 2. The molecule has 3 rings (SSSR count). The standard InChI is InChI=1S/C64H104N22O15/c1-37(78-49(90)35-77-60(100)51(38(2)88)85-58(98)46(32-40-19-7-4-8-20-40)79-50(91)34-75-48(89)33-76-54(94)41(67)31-39-17-5-3-6-18-39)53(93)81-44(23-15-29-73-62(69)70)55(95)82-43(22-10-14-28-66)56(96)83-47(36-87)59(99)86-64(25-11-12-26-64)61(101)84-45(24-16-30-74-63(71)72)57(97)80-42(52(68)92)21-9-13-27-65/h3-8,17-20,37-38,41-47,51,87-88H,9-16,21-36,65-67H2,1-2H3,(H2,68,92)(H,75,89)(H,76,94)(H,77,100)(H,78,90)(H,79,91)(H,80,97)(H,81,93)(H,82,95)(H,83,96)(H,84,101)(H,85,98)(H,86,99)(H4,69,70,73)(H4,71,72,74)/t37-,38+,41-,42-,43-,44-,45-,46-,47-,51-/m0/s1. The second kappa shape index (κ2) is 45.5. The van der Waals surface area contributed by atoms with E-state index in [1.807, 2.05) is 6.07 Å². The average Bonchev–Trinajstić information content (AvgIpc) is 1.74. The zero-order chi connectivity index (χ0) is 75.0. The molecule has 30 N–H and O–H groups in total. The summed E-state index contributed by atoms with van der Waals surface area (Å²) >= 11 is 0. The first-order chi connectivity index (χ1) is 48.0. The lowest BCUT2D eigenvalue weighted by Gasteiger charge is -2.33. The largest absolute Gasteiger partial charge is 0.394 e. The van der Waals surface area contributed by atoms with Gasteiger partial charge in [-0.2, -0.15) is 0 Å². The molecule has 10 atom stereocenters. The van der Waals surface area contributed by atoms with Crippen molar-refractivity contribution < 1.29 is 72.5 Å². The third kappa shape index (κ3) is 32.2. The van der Waals surface area contributed by atoms with Crippen molar-refractivity contribution >= 4 is 88.7 Å². The van der Waals surface area contributed by atoms with Gasteiger partial charge in [-0.05, 0) is 122 Å². The Morgan fingerprint density at radius 2 is 0.901 bits per heavy atom. The van der Waals surface area contributed by atoms with E-state index in [4.69, 9.17) is 45.9 Å². The number of nitrogens with one attached hydrogen (secondary N) is 12. The Kier molecular flexibility index (Phi) is 38.4. The number of rotatable bonds is 47. The topological polar surface area (TPSA) is 640 Å². The summed E-state index contributed by atoms with van der Waals surface area (Å²) in [5.74, 6) is -11.8. The highest BCUT2D eigenvalue weighted by atomic mass is 16.3. The quantitative estimate of drug-likeness (QED) is 0.0166. The Balaban J connectivity index is 1.71. The summed E-state index contributed by atoms with van der Waals surface area (Å²) < 4.78 is 0. The molecule has 1 saturated carbocycles. The highest BCUT2D eigenvalue weighted by Crippen LogP contribution is 2.30. The minimum atomic E-state index is -1.72. The fourth-order valence-electron chi connectivity index (χ4n) is 10.5. The van der Waals surface area contributed by atoms with Gasteiger partial charge in [-0.1, -0.05) is 73.5 Å². The van der Waals surface area contributed by atoms with Crippen LogP contribution in [0.3, 0.4) is 0 Å². The molecule has 2 aromatic rings. The molecule has 0 bridgehead atoms. The van der Waals surface area contributed by atoms with Gasteiger partial charge in [0.2, 0.25) is 76.8 Å². The number of hydrogen-bond donors (Lipinski definition) is 22. The van der Waals surface area contributed by atoms with E-state index in [-0.39, 0.29) is 102 Å². The smallest absolute Gasteiger partial charge is 0.246 e. The van der Waals surface area contributed by atoms with Crippen LogP contribution in [0.15, 0.2) is 70.6 Å². The number of carbonyl (C=O) groups is 13. The third-order valence-electron chi connectivity index (χ3n) is 16.1. The van der Waals surface area contributed by atoms with Crippen molar-refractivity contribution in [2.75, 3.05) is 52.4 Å². The van der Waals surface area contributed by atoms with Gasteiger partial charge in [-0.3, -0.25) is 72.3 Å². The normalized spacial score (nSPS) is 15.1. The number of amides is 13. The van der Waals surface area contributed by atoms with Crippen molar-refractivity contribution in [1.29, 1.82) is 0 Å². The molecule has 0 heterocycles. The maximum Gasteiger partial charge on any atom is 0.246 e. The summed E-state index contributed by atoms with van der Waals surface area (Å²) in [4.78, 5) is 184. The van der Waals surface area contributed by atoms with E-state index in [0.29, 0.717) is 44.2 Å². The second-order valence-corrected chi connectivity index (χ2v) is 24.4. The number of guanidine groups is 2. The summed E-state index contributed by atoms with van der Waals surface area (Å²) in [6.45, 7) is 0.0267. The molecule has 0 spiro atoms. The number of unbranched alkanes of at least 4 members (excludes halogenated alkanes) is 2. The summed E-state index contributed by atoms with van der Waals surface area (Å²) in [6, 6.07) is 4.88. The van der Waals surface area contributed by atoms with Gasteiger partial charge in [0.25, 0.3) is 0 Å². The first kappa shape index (κ1) is 85.1. The predicted octanol–water partition coefficient (Wildman–Crippen LogP) is -8.30. The summed E-state index contributed by atoms with van der Waals surface area (Å²) in [5.41, 5.74) is 44.7. The van der Waals surface area contributed by atoms with Crippen LogP contribution in [0.2, 0.25) is 0 Å². The Labute approximate surface area is 585 Å². The number of carbonyl (C=O) groups excluding carboxylic acids is 13. The number of aliphatic hydroxyl groups excluding tert-OH is 2. The molecular formula is C64H104N22O15. The van der Waals surface area contributed by atoms with Crippen LogP contribution >= 0.6 is 0 Å². The number of benzene rings is 2. The summed E-state index contributed by atoms with van der Waals surface area (Å²) in [6.07, 6.45) is 1.37. The molecular weight excluding hydrogens is 1320 g/mol. The lowest BCUT2D eigenvalue weighted by atomic mass is 9.94. The fourth-order valence-corrected chi connectivity index (χ4v) is 10.5. The molecule has 0 aliphatic heterocycles. The lowest BCUT2D eigenvalue weighted by molar-refractivity contribution is -0.138. The zero-order valence-corrected chi connectivity index (χ0v) is 57.2. The molecule has 37 heteroatoms. The number of hydrogen-bond acceptors (Lipinski definition) is 20. The Morgan fingerprint density at radius 1 is 0.465 bits per heavy atom. The zero-order valence-electron chi connectivity index (χ0n) is 57.2. The molecule has 101 heavy (non-hydrogen) atoms. The van der Waals surface area contributed by atoms with Gasteiger partial charge in [0.05, 0.1) is 38.4 Å². The highest BCUT2D eigenvalue weighted by Gasteiger charge is 2.45. The van der Waals surface area contributed by atoms with Gasteiger partial charge in [0.1, 0.15) is 53.9 Å². The van der Waals surface area contributed by atoms with Crippen LogP contribution in [0.5, 0.6) is 0 Å². The van der Waals surface area contributed by atoms with E-state index < -0.39 is 169 Å². The first-order valence-corrected chi connectivity index (χ1v) is 33.5. The van der Waals surface area contributed by atoms with E-state index in [1.54, 1.807) is 54.6 Å². The molecule has 0 unspecified atom stereocenters. The van der Waals surface area contributed by atoms with Crippen molar-refractivity contribution in [1.82, 2.24) is 63.8 Å². The van der Waals surface area contributed by atoms with Gasteiger partial charge >= 0.3 is 0 Å². The van der Waals surface area contributed by atoms with Gasteiger partial charge in [0, 0.05) is 19.5 Å². The number of aliphatic hydroxyl groups is 2. The van der Waals surface area contributed by atoms with Crippen LogP contribution < -0.4 is 110 Å². The van der Waals surface area contributed by atoms with Crippen molar-refractivity contribution in [2.45, 2.75) is 183 Å². The van der Waals surface area contributed by atoms with Gasteiger partial charge < -0.3 is 120 Å². The molecule has 1 fully saturated rings. The van der Waals surface area contributed by atoms with Crippen molar-refractivity contribution in [3.8, 4) is 0 Å². The van der Waals surface area contributed by atoms with E-state index in [1.165, 1.54) is 13.8 Å². The molecule has 13 amide bonds. The molecule has 37 nitrogen and oxygen atoms in total. The number of nitrogens with two attached hydrogens (primary N) is 8. The molecule has 0 radical (unpaired) electrons. The van der Waals surface area contributed by atoms with E-state index >= 15 is 0 Å². The second-order valence-electron chi connectivity index (χ2n) is 24.4. The highest BCUT2D eigenvalue weighted by molar-refractivity contribution is 6.00. The van der Waals surface area contributed by atoms with E-state index in [0.717, 1.165) is 5.56 Å². The van der Waals surface area contributed by atoms with Crippen molar-refractivity contribution in [3.63, 3.8) is 0 Å². The van der Waals surface area contributed by atoms with Gasteiger partial charge in [-0.25, -0.2) is 0 Å². The molecule has 1 aliphatic carbocycles. The van der Waals surface area contributed by atoms with Crippen LogP contribution in [0.1, 0.15) is 115 Å². The average molecular weight is 1420 g/mol. The minimum Gasteiger partial charge on any atom is -0.394 e. The van der Waals surface area contributed by atoms with Crippen molar-refractivity contribution in [2.24, 2.45) is 55.9 Å². The number of nitrogens with zero attached hydrogens (tertiary/aromatic N) is 2. The molecule has 0 saturated heterocycles. The minimum absolute atomic E-state index is 0.0199. The Hall–Kier alpha value is -10.1. The van der Waals surface area contributed by atoms with Gasteiger partial charge in [0.15, 0.2) is 11.9 Å². The van der Waals surface area contributed by atoms with Crippen molar-refractivity contribution in [3.05, 3.63) is 71.8 Å². The Bertz CT molecular complexity index is 3110. The summed E-state index contributed by atoms with van der Waals surface area (Å²) in [7, 11) is 0. The van der Waals surface area contributed by atoms with Gasteiger partial charge in [-0.15, -0.1) is 0 Å². The number of primary amides is 1. The maximum absolute atomic E-state index is 14.3. The molecule has 0 aromatic heterocycles. The predicted molar refractivity (Wildman–Crippen MR) is 371 cm³/mol. The lowest BCUT2D eigenvalue weighted by Crippen LogP contribution is -2.64. The first-order valence-electron chi connectivity index (χ1n) is 33.5. The monoisotopic (exact) mass is 1420 g/mol. The molecule has 2 aromatic carbocycles. The third-order valence-corrected chi connectivity index (χ3v) is 16.1. The molecule has 560 valence electrons. The Morgan fingerprint density at radius 3 is 1.41 bits per heavy atom. The summed E-state index contributed by atoms with van der Waals surface area (Å²) in [5, 5.41) is 51.1. The SMILES string of the molecule is C[C@H](NC(=O)CNC(=O)[C@@H](NC(=O)[C@H](Cc1ccccc1)NC(=O)CNC(=O)CNC(=O)[C@@H](N)Cc1ccccc1)[C@@H](C)O)C(=O)N[C@@H](CCCN=C(N)N)C(=O)N[C@@H](CCCCN)C(=O)N[C@@H](CO)C(=O)NC1(C(=O)N[C@@H](CCCN=C(N)N)C(=O)N[C@@H](CCCCN)C(N)=O)CCCC1. The van der Waals surface area contributed by atoms with Crippen LogP contribution in [-0.4, -0.2) is 217 Å². The van der Waals surface area contributed by atoms with Crippen LogP contribution in [0, 0.1) is 0 Å². The van der Waals surface area contributed by atoms with Crippen LogP contribution in [0.4, 0.5) is 0 Å². The maximum atomic E-state index is 14.3. The van der Waals surface area contributed by atoms with E-state index in [9.17, 15) is 72.5 Å². The fraction of sp³-hybridized carbons (Fsp3) is 0.578. The molecule has 1 aliphatic rings. The van der Waals surface area contributed by atoms with Crippen LogP contribution in [0.25, 0.3) is 0 Å².